The Morgan fingerprint density at radius 1 is 1.17 bits per heavy atom. The molecule has 1 aliphatic rings. The molecule has 35 heavy (non-hydrogen) atoms. The number of fused-ring (bicyclic) bond motifs is 1. The van der Waals surface area contributed by atoms with Crippen LogP contribution in [0.25, 0.3) is 16.8 Å². The van der Waals surface area contributed by atoms with Gasteiger partial charge in [-0.2, -0.15) is 4.98 Å². The number of imidazole rings is 1. The van der Waals surface area contributed by atoms with Gasteiger partial charge < -0.3 is 33.6 Å². The largest absolute Gasteiger partial charge is 0.493 e. The summed E-state index contributed by atoms with van der Waals surface area (Å²) in [4.78, 5) is 27.3. The summed E-state index contributed by atoms with van der Waals surface area (Å²) in [5.74, 6) is 2.40. The van der Waals surface area contributed by atoms with Crippen LogP contribution in [0.2, 0.25) is 0 Å². The van der Waals surface area contributed by atoms with Gasteiger partial charge in [0.2, 0.25) is 17.6 Å². The molecule has 5 rings (SSSR count). The monoisotopic (exact) mass is 480 g/mol. The Labute approximate surface area is 200 Å². The van der Waals surface area contributed by atoms with E-state index >= 15 is 0 Å². The van der Waals surface area contributed by atoms with E-state index in [1.54, 1.807) is 56.6 Å². The number of methoxy groups -OCH3 is 3. The molecule has 4 aromatic rings. The normalized spacial score (nSPS) is 15.6. The summed E-state index contributed by atoms with van der Waals surface area (Å²) < 4.78 is 23.6. The minimum Gasteiger partial charge on any atom is -0.493 e. The van der Waals surface area contributed by atoms with Gasteiger partial charge >= 0.3 is 0 Å². The molecule has 0 saturated carbocycles. The van der Waals surface area contributed by atoms with E-state index in [9.17, 15) is 9.90 Å². The van der Waals surface area contributed by atoms with Crippen molar-refractivity contribution >= 4 is 34.6 Å². The second-order valence-electron chi connectivity index (χ2n) is 7.82. The van der Waals surface area contributed by atoms with Gasteiger partial charge in [0.15, 0.2) is 22.9 Å². The molecule has 0 bridgehead atoms. The Bertz CT molecular complexity index is 1360. The molecule has 12 nitrogen and oxygen atoms in total. The number of furan rings is 1. The van der Waals surface area contributed by atoms with E-state index in [0.717, 1.165) is 5.69 Å². The van der Waals surface area contributed by atoms with Crippen LogP contribution in [0.15, 0.2) is 41.4 Å². The van der Waals surface area contributed by atoms with Crippen molar-refractivity contribution in [3.63, 3.8) is 0 Å². The van der Waals surface area contributed by atoms with Crippen molar-refractivity contribution in [1.82, 2.24) is 19.5 Å². The molecular weight excluding hydrogens is 456 g/mol. The molecule has 0 spiro atoms. The zero-order chi connectivity index (χ0) is 24.5. The minimum atomic E-state index is -0.362. The Morgan fingerprint density at radius 2 is 1.94 bits per heavy atom. The SMILES string of the molecule is COc1cc(-n2cnc(Nc3nc(N4C(=O)CC[C@H]4CO)nc4ccoc34)c2)cc(OC)c1OC. The van der Waals surface area contributed by atoms with Gasteiger partial charge in [-0.3, -0.25) is 9.69 Å². The molecular formula is C23H24N6O6. The molecule has 182 valence electrons. The number of carbonyl (C=O) groups excluding carboxylic acids is 1. The fourth-order valence-corrected chi connectivity index (χ4v) is 4.10. The van der Waals surface area contributed by atoms with Crippen molar-refractivity contribution in [2.24, 2.45) is 0 Å². The molecule has 1 aromatic carbocycles. The van der Waals surface area contributed by atoms with E-state index in [-0.39, 0.29) is 24.5 Å². The molecule has 1 amide bonds. The molecule has 12 heteroatoms. The molecule has 0 aliphatic carbocycles. The van der Waals surface area contributed by atoms with Crippen LogP contribution < -0.4 is 24.4 Å². The molecule has 0 unspecified atom stereocenters. The summed E-state index contributed by atoms with van der Waals surface area (Å²) in [6.45, 7) is -0.166. The van der Waals surface area contributed by atoms with Crippen LogP contribution in [0.4, 0.5) is 17.6 Å². The lowest BCUT2D eigenvalue weighted by Gasteiger charge is -2.21. The topological polar surface area (TPSA) is 137 Å². The molecule has 3 aromatic heterocycles. The van der Waals surface area contributed by atoms with Crippen LogP contribution in [0, 0.1) is 0 Å². The van der Waals surface area contributed by atoms with E-state index in [1.165, 1.54) is 11.2 Å². The van der Waals surface area contributed by atoms with Gasteiger partial charge in [-0.15, -0.1) is 0 Å². The maximum atomic E-state index is 12.4. The molecule has 2 N–H and O–H groups in total. The predicted molar refractivity (Wildman–Crippen MR) is 126 cm³/mol. The fraction of sp³-hybridized carbons (Fsp3) is 0.304. The predicted octanol–water partition coefficient (Wildman–Crippen LogP) is 2.67. The lowest BCUT2D eigenvalue weighted by molar-refractivity contribution is -0.117. The van der Waals surface area contributed by atoms with Gasteiger partial charge in [-0.1, -0.05) is 0 Å². The van der Waals surface area contributed by atoms with E-state index in [4.69, 9.17) is 18.6 Å². The molecule has 1 fully saturated rings. The van der Waals surface area contributed by atoms with Crippen LogP contribution in [-0.2, 0) is 4.79 Å². The smallest absolute Gasteiger partial charge is 0.235 e. The number of hydrogen-bond acceptors (Lipinski definition) is 10. The summed E-state index contributed by atoms with van der Waals surface area (Å²) in [6.07, 6.45) is 5.76. The number of amides is 1. The summed E-state index contributed by atoms with van der Waals surface area (Å²) in [6, 6.07) is 4.93. The van der Waals surface area contributed by atoms with Gasteiger partial charge in [0.1, 0.15) is 17.7 Å². The first-order valence-electron chi connectivity index (χ1n) is 10.9. The standard InChI is InChI=1S/C23H24N6O6/c1-32-16-8-14(9-17(33-2)21(16)34-3)28-10-18(24-12-28)26-22-20-15(6-7-35-20)25-23(27-22)29-13(11-30)4-5-19(29)31/h6-10,12-13,30H,4-5,11H2,1-3H3,(H,25,26,27)/t13-/m0/s1. The first-order chi connectivity index (χ1) is 17.1. The number of benzene rings is 1. The van der Waals surface area contributed by atoms with E-state index in [2.05, 4.69) is 20.3 Å². The van der Waals surface area contributed by atoms with Crippen LogP contribution in [-0.4, -0.2) is 64.5 Å². The van der Waals surface area contributed by atoms with Crippen molar-refractivity contribution in [3.05, 3.63) is 37.0 Å². The molecule has 1 saturated heterocycles. The number of rotatable bonds is 8. The second kappa shape index (κ2) is 9.14. The molecule has 1 atom stereocenters. The van der Waals surface area contributed by atoms with Crippen LogP contribution in [0.3, 0.4) is 0 Å². The maximum Gasteiger partial charge on any atom is 0.235 e. The lowest BCUT2D eigenvalue weighted by atomic mass is 10.2. The summed E-state index contributed by atoms with van der Waals surface area (Å²) in [5, 5.41) is 12.8. The average Bonchev–Trinajstić information content (AvgIpc) is 3.62. The Balaban J connectivity index is 1.49. The highest BCUT2D eigenvalue weighted by molar-refractivity contribution is 5.96. The molecule has 1 aliphatic heterocycles. The fourth-order valence-electron chi connectivity index (χ4n) is 4.10. The van der Waals surface area contributed by atoms with Gasteiger partial charge in [-0.25, -0.2) is 9.97 Å². The highest BCUT2D eigenvalue weighted by atomic mass is 16.5. The van der Waals surface area contributed by atoms with Gasteiger partial charge in [0.25, 0.3) is 0 Å². The van der Waals surface area contributed by atoms with E-state index < -0.39 is 0 Å². The van der Waals surface area contributed by atoms with Gasteiger partial charge in [0, 0.05) is 24.6 Å². The molecule has 0 radical (unpaired) electrons. The third-order valence-electron chi connectivity index (χ3n) is 5.82. The second-order valence-corrected chi connectivity index (χ2v) is 7.82. The Kier molecular flexibility index (Phi) is 5.87. The first-order valence-corrected chi connectivity index (χ1v) is 10.9. The van der Waals surface area contributed by atoms with Crippen molar-refractivity contribution in [2.45, 2.75) is 18.9 Å². The average molecular weight is 480 g/mol. The number of nitrogens with one attached hydrogen (secondary N) is 1. The van der Waals surface area contributed by atoms with Gasteiger partial charge in [0.05, 0.1) is 52.1 Å². The number of hydrogen-bond donors (Lipinski definition) is 2. The van der Waals surface area contributed by atoms with Crippen LogP contribution in [0.1, 0.15) is 12.8 Å². The highest BCUT2D eigenvalue weighted by Gasteiger charge is 2.34. The summed E-state index contributed by atoms with van der Waals surface area (Å²) >= 11 is 0. The van der Waals surface area contributed by atoms with Crippen LogP contribution in [0.5, 0.6) is 17.2 Å². The van der Waals surface area contributed by atoms with Gasteiger partial charge in [-0.05, 0) is 6.42 Å². The highest BCUT2D eigenvalue weighted by Crippen LogP contribution is 2.39. The Hall–Kier alpha value is -4.32. The third-order valence-corrected chi connectivity index (χ3v) is 5.82. The van der Waals surface area contributed by atoms with Crippen molar-refractivity contribution in [2.75, 3.05) is 38.2 Å². The first kappa shape index (κ1) is 22.5. The number of aromatic nitrogens is 4. The third kappa shape index (κ3) is 3.97. The maximum absolute atomic E-state index is 12.4. The van der Waals surface area contributed by atoms with E-state index in [1.807, 2.05) is 0 Å². The summed E-state index contributed by atoms with van der Waals surface area (Å²) in [5.41, 5.74) is 1.68. The number of nitrogens with zero attached hydrogens (tertiary/aromatic N) is 5. The van der Waals surface area contributed by atoms with Crippen molar-refractivity contribution < 1.29 is 28.5 Å². The minimum absolute atomic E-state index is 0.135. The number of aliphatic hydroxyl groups is 1. The number of ether oxygens (including phenoxy) is 3. The lowest BCUT2D eigenvalue weighted by Crippen LogP contribution is -2.36. The quantitative estimate of drug-likeness (QED) is 0.387. The van der Waals surface area contributed by atoms with Crippen LogP contribution >= 0.6 is 0 Å². The number of carbonyl (C=O) groups is 1. The number of aliphatic hydroxyl groups excluding tert-OH is 1. The number of anilines is 3. The van der Waals surface area contributed by atoms with E-state index in [0.29, 0.717) is 52.8 Å². The van der Waals surface area contributed by atoms with Crippen molar-refractivity contribution in [1.29, 1.82) is 0 Å². The Morgan fingerprint density at radius 3 is 2.63 bits per heavy atom. The molecule has 4 heterocycles. The zero-order valence-corrected chi connectivity index (χ0v) is 19.4. The van der Waals surface area contributed by atoms with Crippen molar-refractivity contribution in [3.8, 4) is 22.9 Å². The zero-order valence-electron chi connectivity index (χ0n) is 19.4. The summed E-state index contributed by atoms with van der Waals surface area (Å²) in [7, 11) is 4.65.